The SMILES string of the molecule is CCCCOc1ccc(C(=O)N2CCC(C(=O)N3CCC(C)CC3)CC2)cc1. The Balaban J connectivity index is 1.47. The Morgan fingerprint density at radius 1 is 0.964 bits per heavy atom. The third kappa shape index (κ3) is 5.27. The minimum Gasteiger partial charge on any atom is -0.494 e. The second kappa shape index (κ2) is 9.94. The number of ether oxygens (including phenoxy) is 1. The third-order valence-electron chi connectivity index (χ3n) is 6.09. The van der Waals surface area contributed by atoms with E-state index in [0.29, 0.717) is 31.2 Å². The van der Waals surface area contributed by atoms with Crippen LogP contribution in [-0.4, -0.2) is 54.4 Å². The summed E-state index contributed by atoms with van der Waals surface area (Å²) >= 11 is 0. The van der Waals surface area contributed by atoms with Gasteiger partial charge in [0.05, 0.1) is 6.61 Å². The molecule has 0 aliphatic carbocycles. The van der Waals surface area contributed by atoms with Crippen LogP contribution in [-0.2, 0) is 4.79 Å². The molecular weight excluding hydrogens is 352 g/mol. The molecule has 2 heterocycles. The number of unbranched alkanes of at least 4 members (excludes halogenated alkanes) is 1. The summed E-state index contributed by atoms with van der Waals surface area (Å²) in [6, 6.07) is 7.43. The first-order valence-corrected chi connectivity index (χ1v) is 10.9. The largest absolute Gasteiger partial charge is 0.494 e. The van der Waals surface area contributed by atoms with Crippen LogP contribution in [0.2, 0.25) is 0 Å². The van der Waals surface area contributed by atoms with E-state index in [1.165, 1.54) is 0 Å². The van der Waals surface area contributed by atoms with Gasteiger partial charge in [0.15, 0.2) is 0 Å². The van der Waals surface area contributed by atoms with Gasteiger partial charge in [0, 0.05) is 37.7 Å². The molecule has 154 valence electrons. The first-order valence-electron chi connectivity index (χ1n) is 10.9. The molecule has 0 aromatic heterocycles. The van der Waals surface area contributed by atoms with E-state index >= 15 is 0 Å². The first-order chi connectivity index (χ1) is 13.6. The molecule has 0 radical (unpaired) electrons. The molecule has 0 bridgehead atoms. The van der Waals surface area contributed by atoms with Gasteiger partial charge in [-0.15, -0.1) is 0 Å². The van der Waals surface area contributed by atoms with E-state index < -0.39 is 0 Å². The van der Waals surface area contributed by atoms with E-state index in [9.17, 15) is 9.59 Å². The Hall–Kier alpha value is -2.04. The molecule has 28 heavy (non-hydrogen) atoms. The van der Waals surface area contributed by atoms with Crippen LogP contribution in [0.5, 0.6) is 5.75 Å². The van der Waals surface area contributed by atoms with Crippen molar-refractivity contribution in [2.45, 2.75) is 52.4 Å². The number of hydrogen-bond acceptors (Lipinski definition) is 3. The highest BCUT2D eigenvalue weighted by Crippen LogP contribution is 2.25. The van der Waals surface area contributed by atoms with Crippen molar-refractivity contribution >= 4 is 11.8 Å². The number of likely N-dealkylation sites (tertiary alicyclic amines) is 2. The molecule has 0 atom stereocenters. The molecule has 5 heteroatoms. The van der Waals surface area contributed by atoms with Crippen molar-refractivity contribution in [3.05, 3.63) is 29.8 Å². The topological polar surface area (TPSA) is 49.9 Å². The maximum atomic E-state index is 12.8. The van der Waals surface area contributed by atoms with Gasteiger partial charge in [0.1, 0.15) is 5.75 Å². The molecule has 2 saturated heterocycles. The summed E-state index contributed by atoms with van der Waals surface area (Å²) in [5.74, 6) is 1.97. The maximum Gasteiger partial charge on any atom is 0.253 e. The van der Waals surface area contributed by atoms with Crippen molar-refractivity contribution in [3.8, 4) is 5.75 Å². The zero-order chi connectivity index (χ0) is 19.9. The highest BCUT2D eigenvalue weighted by Gasteiger charge is 2.31. The number of amides is 2. The van der Waals surface area contributed by atoms with Crippen molar-refractivity contribution in [1.29, 1.82) is 0 Å². The molecule has 5 nitrogen and oxygen atoms in total. The van der Waals surface area contributed by atoms with Crippen molar-refractivity contribution in [2.75, 3.05) is 32.8 Å². The quantitative estimate of drug-likeness (QED) is 0.695. The molecular formula is C23H34N2O3. The third-order valence-corrected chi connectivity index (χ3v) is 6.09. The van der Waals surface area contributed by atoms with Crippen molar-refractivity contribution in [2.24, 2.45) is 11.8 Å². The fraction of sp³-hybridized carbons (Fsp3) is 0.652. The van der Waals surface area contributed by atoms with E-state index in [1.807, 2.05) is 34.1 Å². The lowest BCUT2D eigenvalue weighted by atomic mass is 9.92. The predicted octanol–water partition coefficient (Wildman–Crippen LogP) is 3.98. The van der Waals surface area contributed by atoms with Crippen LogP contribution in [0.25, 0.3) is 0 Å². The van der Waals surface area contributed by atoms with E-state index in [-0.39, 0.29) is 11.8 Å². The van der Waals surface area contributed by atoms with Gasteiger partial charge in [-0.25, -0.2) is 0 Å². The van der Waals surface area contributed by atoms with Crippen molar-refractivity contribution in [3.63, 3.8) is 0 Å². The molecule has 0 saturated carbocycles. The Labute approximate surface area is 169 Å². The minimum atomic E-state index is 0.0535. The van der Waals surface area contributed by atoms with E-state index in [1.54, 1.807) is 0 Å². The molecule has 0 spiro atoms. The van der Waals surface area contributed by atoms with Crippen LogP contribution >= 0.6 is 0 Å². The number of hydrogen-bond donors (Lipinski definition) is 0. The molecule has 2 aliphatic heterocycles. The molecule has 0 N–H and O–H groups in total. The van der Waals surface area contributed by atoms with Crippen molar-refractivity contribution < 1.29 is 14.3 Å². The smallest absolute Gasteiger partial charge is 0.253 e. The Morgan fingerprint density at radius 2 is 1.57 bits per heavy atom. The summed E-state index contributed by atoms with van der Waals surface area (Å²) in [5.41, 5.74) is 0.692. The van der Waals surface area contributed by atoms with E-state index in [0.717, 1.165) is 63.3 Å². The summed E-state index contributed by atoms with van der Waals surface area (Å²) in [5, 5.41) is 0. The van der Waals surface area contributed by atoms with Gasteiger partial charge in [0.25, 0.3) is 5.91 Å². The summed E-state index contributed by atoms with van der Waals surface area (Å²) in [7, 11) is 0. The van der Waals surface area contributed by atoms with Crippen LogP contribution in [0, 0.1) is 11.8 Å². The van der Waals surface area contributed by atoms with Gasteiger partial charge >= 0.3 is 0 Å². The minimum absolute atomic E-state index is 0.0535. The highest BCUT2D eigenvalue weighted by atomic mass is 16.5. The van der Waals surface area contributed by atoms with Crippen LogP contribution in [0.1, 0.15) is 62.7 Å². The lowest BCUT2D eigenvalue weighted by Crippen LogP contribution is -2.46. The van der Waals surface area contributed by atoms with Gasteiger partial charge in [0.2, 0.25) is 5.91 Å². The maximum absolute atomic E-state index is 12.8. The Morgan fingerprint density at radius 3 is 2.18 bits per heavy atom. The van der Waals surface area contributed by atoms with Gasteiger partial charge in [-0.2, -0.15) is 0 Å². The predicted molar refractivity (Wildman–Crippen MR) is 110 cm³/mol. The molecule has 0 unspecified atom stereocenters. The summed E-state index contributed by atoms with van der Waals surface area (Å²) < 4.78 is 5.66. The fourth-order valence-corrected chi connectivity index (χ4v) is 4.03. The lowest BCUT2D eigenvalue weighted by molar-refractivity contribution is -0.138. The highest BCUT2D eigenvalue weighted by molar-refractivity contribution is 5.94. The summed E-state index contributed by atoms with van der Waals surface area (Å²) in [4.78, 5) is 29.5. The number of carbonyl (C=O) groups excluding carboxylic acids is 2. The molecule has 2 fully saturated rings. The number of carbonyl (C=O) groups is 2. The number of piperidine rings is 2. The van der Waals surface area contributed by atoms with E-state index in [2.05, 4.69) is 13.8 Å². The number of nitrogens with zero attached hydrogens (tertiary/aromatic N) is 2. The lowest BCUT2D eigenvalue weighted by Gasteiger charge is -2.36. The Kier molecular flexibility index (Phi) is 7.35. The normalized spacial score (nSPS) is 18.9. The van der Waals surface area contributed by atoms with E-state index in [4.69, 9.17) is 4.74 Å². The zero-order valence-corrected chi connectivity index (χ0v) is 17.4. The average Bonchev–Trinajstić information content (AvgIpc) is 2.74. The standard InChI is InChI=1S/C23H34N2O3/c1-3-4-17-28-21-7-5-19(6-8-21)22(26)25-15-11-20(12-16-25)23(27)24-13-9-18(2)10-14-24/h5-8,18,20H,3-4,9-17H2,1-2H3. The molecule has 3 rings (SSSR count). The van der Waals surface area contributed by atoms with Crippen LogP contribution in [0.15, 0.2) is 24.3 Å². The van der Waals surface area contributed by atoms with Gasteiger partial charge < -0.3 is 14.5 Å². The summed E-state index contributed by atoms with van der Waals surface area (Å²) in [6.45, 7) is 8.21. The zero-order valence-electron chi connectivity index (χ0n) is 17.4. The van der Waals surface area contributed by atoms with Gasteiger partial charge in [-0.3, -0.25) is 9.59 Å². The Bertz CT molecular complexity index is 642. The molecule has 1 aromatic rings. The number of benzene rings is 1. The molecule has 2 aliphatic rings. The number of rotatable bonds is 6. The molecule has 1 aromatic carbocycles. The van der Waals surface area contributed by atoms with Crippen LogP contribution in [0.3, 0.4) is 0 Å². The first kappa shape index (κ1) is 20.7. The van der Waals surface area contributed by atoms with Gasteiger partial charge in [-0.05, 0) is 62.3 Å². The second-order valence-corrected chi connectivity index (χ2v) is 8.30. The van der Waals surface area contributed by atoms with Crippen molar-refractivity contribution in [1.82, 2.24) is 9.80 Å². The average molecular weight is 387 g/mol. The van der Waals surface area contributed by atoms with Crippen LogP contribution in [0.4, 0.5) is 0 Å². The fourth-order valence-electron chi connectivity index (χ4n) is 4.03. The molecule has 2 amide bonds. The summed E-state index contributed by atoms with van der Waals surface area (Å²) in [6.07, 6.45) is 5.91. The van der Waals surface area contributed by atoms with Crippen LogP contribution < -0.4 is 4.74 Å². The monoisotopic (exact) mass is 386 g/mol. The second-order valence-electron chi connectivity index (χ2n) is 8.30. The van der Waals surface area contributed by atoms with Gasteiger partial charge in [-0.1, -0.05) is 20.3 Å².